The van der Waals surface area contributed by atoms with Crippen LogP contribution in [0.4, 0.5) is 0 Å². The fourth-order valence-electron chi connectivity index (χ4n) is 3.90. The molecule has 2 aromatic rings. The van der Waals surface area contributed by atoms with Crippen molar-refractivity contribution in [2.24, 2.45) is 4.99 Å². The molecule has 1 aliphatic rings. The lowest BCUT2D eigenvalue weighted by molar-refractivity contribution is 0.0355. The molecule has 0 amide bonds. The van der Waals surface area contributed by atoms with E-state index >= 15 is 0 Å². The van der Waals surface area contributed by atoms with E-state index < -0.39 is 0 Å². The van der Waals surface area contributed by atoms with Gasteiger partial charge in [0.05, 0.1) is 13.7 Å². The van der Waals surface area contributed by atoms with Gasteiger partial charge >= 0.3 is 0 Å². The lowest BCUT2D eigenvalue weighted by Gasteiger charge is -2.41. The summed E-state index contributed by atoms with van der Waals surface area (Å²) in [4.78, 5) is 4.37. The fraction of sp³-hybridized carbons (Fsp3) is 0.480. The Morgan fingerprint density at radius 2 is 1.70 bits per heavy atom. The Morgan fingerprint density at radius 1 is 1.03 bits per heavy atom. The van der Waals surface area contributed by atoms with Crippen LogP contribution >= 0.6 is 24.0 Å². The molecule has 2 aromatic carbocycles. The predicted octanol–water partition coefficient (Wildman–Crippen LogP) is 3.76. The molecule has 1 fully saturated rings. The molecule has 8 heteroatoms. The number of ether oxygens (including phenoxy) is 3. The highest BCUT2D eigenvalue weighted by Crippen LogP contribution is 2.25. The smallest absolute Gasteiger partial charge is 0.191 e. The summed E-state index contributed by atoms with van der Waals surface area (Å²) < 4.78 is 16.6. The fourth-order valence-corrected chi connectivity index (χ4v) is 3.90. The maximum absolute atomic E-state index is 5.79. The molecule has 1 saturated heterocycles. The van der Waals surface area contributed by atoms with Crippen LogP contribution in [0.5, 0.6) is 11.5 Å². The third-order valence-corrected chi connectivity index (χ3v) is 5.81. The molecule has 1 aliphatic heterocycles. The van der Waals surface area contributed by atoms with Gasteiger partial charge in [0.15, 0.2) is 5.96 Å². The first-order chi connectivity index (χ1) is 15.6. The van der Waals surface area contributed by atoms with Gasteiger partial charge in [0, 0.05) is 38.4 Å². The molecule has 7 nitrogen and oxygen atoms in total. The molecule has 1 heterocycles. The van der Waals surface area contributed by atoms with Gasteiger partial charge in [0.1, 0.15) is 18.1 Å². The molecule has 0 spiro atoms. The number of hydrogen-bond acceptors (Lipinski definition) is 5. The van der Waals surface area contributed by atoms with Crippen molar-refractivity contribution >= 4 is 29.9 Å². The summed E-state index contributed by atoms with van der Waals surface area (Å²) in [5.74, 6) is 2.40. The number of hydrogen-bond donors (Lipinski definition) is 3. The van der Waals surface area contributed by atoms with Crippen LogP contribution in [-0.2, 0) is 4.74 Å². The minimum atomic E-state index is -0.0509. The van der Waals surface area contributed by atoms with Gasteiger partial charge in [0.25, 0.3) is 0 Å². The van der Waals surface area contributed by atoms with E-state index in [-0.39, 0.29) is 35.6 Å². The van der Waals surface area contributed by atoms with Gasteiger partial charge < -0.3 is 30.2 Å². The zero-order chi connectivity index (χ0) is 22.7. The number of guanidine groups is 1. The largest absolute Gasteiger partial charge is 0.497 e. The van der Waals surface area contributed by atoms with Gasteiger partial charge in [0.2, 0.25) is 0 Å². The van der Waals surface area contributed by atoms with Gasteiger partial charge in [-0.3, -0.25) is 4.99 Å². The van der Waals surface area contributed by atoms with E-state index in [1.165, 1.54) is 5.56 Å². The molecule has 1 unspecified atom stereocenters. The second kappa shape index (κ2) is 14.3. The van der Waals surface area contributed by atoms with Crippen LogP contribution in [0.2, 0.25) is 0 Å². The van der Waals surface area contributed by atoms with E-state index in [9.17, 15) is 0 Å². The van der Waals surface area contributed by atoms with Crippen LogP contribution in [-0.4, -0.2) is 58.6 Å². The molecule has 0 aromatic heterocycles. The molecular weight excluding hydrogens is 531 g/mol. The van der Waals surface area contributed by atoms with Crippen molar-refractivity contribution in [1.82, 2.24) is 16.0 Å². The lowest BCUT2D eigenvalue weighted by atomic mass is 9.88. The van der Waals surface area contributed by atoms with E-state index in [0.717, 1.165) is 50.1 Å². The molecule has 0 radical (unpaired) electrons. The molecule has 0 aliphatic carbocycles. The average molecular weight is 569 g/mol. The predicted molar refractivity (Wildman–Crippen MR) is 144 cm³/mol. The van der Waals surface area contributed by atoms with Crippen molar-refractivity contribution in [3.8, 4) is 11.5 Å². The highest BCUT2D eigenvalue weighted by molar-refractivity contribution is 14.0. The van der Waals surface area contributed by atoms with Crippen LogP contribution in [0.25, 0.3) is 0 Å². The number of halogens is 1. The highest BCUT2D eigenvalue weighted by atomic mass is 127. The molecule has 3 rings (SSSR count). The monoisotopic (exact) mass is 568 g/mol. The second-order valence-electron chi connectivity index (χ2n) is 8.05. The standard InChI is InChI=1S/C25H36N4O3.HI/c1-20(21-7-5-4-6-8-21)29-25(13-16-31-17-14-25)19-28-24(26-2)27-15-18-32-23-11-9-22(30-3)10-12-23;/h4-12,20,29H,13-19H2,1-3H3,(H2,26,27,28);1H. The normalized spacial score (nSPS) is 16.3. The first-order valence-electron chi connectivity index (χ1n) is 11.3. The first kappa shape index (κ1) is 27.2. The van der Waals surface area contributed by atoms with Crippen LogP contribution in [0, 0.1) is 0 Å². The zero-order valence-corrected chi connectivity index (χ0v) is 22.1. The maximum Gasteiger partial charge on any atom is 0.191 e. The number of rotatable bonds is 10. The van der Waals surface area contributed by atoms with Crippen LogP contribution in [0.1, 0.15) is 31.4 Å². The molecular formula is C25H37IN4O3. The van der Waals surface area contributed by atoms with Crippen molar-refractivity contribution in [3.05, 3.63) is 60.2 Å². The Morgan fingerprint density at radius 3 is 2.33 bits per heavy atom. The summed E-state index contributed by atoms with van der Waals surface area (Å²) in [6.07, 6.45) is 1.91. The molecule has 0 bridgehead atoms. The maximum atomic E-state index is 5.79. The third-order valence-electron chi connectivity index (χ3n) is 5.81. The number of benzene rings is 2. The summed E-state index contributed by atoms with van der Waals surface area (Å²) in [5.41, 5.74) is 1.24. The number of aliphatic imine (C=N–C) groups is 1. The molecule has 0 saturated carbocycles. The Balaban J connectivity index is 0.00000385. The van der Waals surface area contributed by atoms with Gasteiger partial charge in [-0.05, 0) is 49.6 Å². The number of methoxy groups -OCH3 is 1. The van der Waals surface area contributed by atoms with Gasteiger partial charge in [-0.25, -0.2) is 0 Å². The number of nitrogens with one attached hydrogen (secondary N) is 3. The van der Waals surface area contributed by atoms with Gasteiger partial charge in [-0.15, -0.1) is 24.0 Å². The van der Waals surface area contributed by atoms with Crippen molar-refractivity contribution < 1.29 is 14.2 Å². The molecule has 1 atom stereocenters. The van der Waals surface area contributed by atoms with Crippen LogP contribution in [0.3, 0.4) is 0 Å². The summed E-state index contributed by atoms with van der Waals surface area (Å²) in [6.45, 7) is 5.70. The van der Waals surface area contributed by atoms with Crippen molar-refractivity contribution in [3.63, 3.8) is 0 Å². The zero-order valence-electron chi connectivity index (χ0n) is 19.8. The summed E-state index contributed by atoms with van der Waals surface area (Å²) in [5, 5.41) is 10.7. The average Bonchev–Trinajstić information content (AvgIpc) is 2.85. The van der Waals surface area contributed by atoms with Gasteiger partial charge in [-0.1, -0.05) is 30.3 Å². The highest BCUT2D eigenvalue weighted by Gasteiger charge is 2.34. The van der Waals surface area contributed by atoms with E-state index in [2.05, 4.69) is 58.2 Å². The van der Waals surface area contributed by atoms with Crippen LogP contribution < -0.4 is 25.4 Å². The second-order valence-corrected chi connectivity index (χ2v) is 8.05. The van der Waals surface area contributed by atoms with Crippen molar-refractivity contribution in [1.29, 1.82) is 0 Å². The Bertz CT molecular complexity index is 827. The summed E-state index contributed by atoms with van der Waals surface area (Å²) >= 11 is 0. The first-order valence-corrected chi connectivity index (χ1v) is 11.3. The van der Waals surface area contributed by atoms with E-state index in [1.54, 1.807) is 14.2 Å². The van der Waals surface area contributed by atoms with E-state index in [4.69, 9.17) is 14.2 Å². The third kappa shape index (κ3) is 8.68. The van der Waals surface area contributed by atoms with E-state index in [0.29, 0.717) is 13.2 Å². The van der Waals surface area contributed by atoms with Gasteiger partial charge in [-0.2, -0.15) is 0 Å². The molecule has 3 N–H and O–H groups in total. The van der Waals surface area contributed by atoms with Crippen molar-refractivity contribution in [2.75, 3.05) is 47.1 Å². The summed E-state index contributed by atoms with van der Waals surface area (Å²) in [7, 11) is 3.44. The Labute approximate surface area is 214 Å². The quantitative estimate of drug-likeness (QED) is 0.176. The van der Waals surface area contributed by atoms with Crippen molar-refractivity contribution in [2.45, 2.75) is 31.3 Å². The Hall–Kier alpha value is -2.04. The van der Waals surface area contributed by atoms with E-state index in [1.807, 2.05) is 24.3 Å². The topological polar surface area (TPSA) is 76.1 Å². The lowest BCUT2D eigenvalue weighted by Crippen LogP contribution is -2.58. The minimum Gasteiger partial charge on any atom is -0.497 e. The van der Waals surface area contributed by atoms with Crippen LogP contribution in [0.15, 0.2) is 59.6 Å². The molecule has 182 valence electrons. The minimum absolute atomic E-state index is 0. The number of nitrogens with zero attached hydrogens (tertiary/aromatic N) is 1. The summed E-state index contributed by atoms with van der Waals surface area (Å²) in [6, 6.07) is 18.4. The SMILES string of the molecule is CN=C(NCCOc1ccc(OC)cc1)NCC1(NC(C)c2ccccc2)CCOCC1.I. The Kier molecular flexibility index (Phi) is 11.8. The molecule has 33 heavy (non-hydrogen) atoms.